The van der Waals surface area contributed by atoms with Crippen LogP contribution in [-0.2, 0) is 22.4 Å². The number of nitrogens with zero attached hydrogens (tertiary/aromatic N) is 1. The van der Waals surface area contributed by atoms with Crippen molar-refractivity contribution in [2.24, 2.45) is 5.92 Å². The number of benzene rings is 1. The Morgan fingerprint density at radius 2 is 1.96 bits per heavy atom. The number of aromatic nitrogens is 1. The van der Waals surface area contributed by atoms with Crippen molar-refractivity contribution < 1.29 is 14.7 Å². The van der Waals surface area contributed by atoms with E-state index in [9.17, 15) is 14.7 Å². The van der Waals surface area contributed by atoms with Gasteiger partial charge >= 0.3 is 5.97 Å². The molecule has 0 aliphatic carbocycles. The van der Waals surface area contributed by atoms with Crippen LogP contribution in [0.4, 0.5) is 0 Å². The third kappa shape index (κ3) is 5.77. The first-order valence-corrected chi connectivity index (χ1v) is 8.81. The van der Waals surface area contributed by atoms with Gasteiger partial charge in [0.05, 0.1) is 17.1 Å². The van der Waals surface area contributed by atoms with E-state index in [-0.39, 0.29) is 18.2 Å². The van der Waals surface area contributed by atoms with Crippen LogP contribution in [0, 0.1) is 5.92 Å². The summed E-state index contributed by atoms with van der Waals surface area (Å²) in [5.41, 5.74) is 1.85. The normalized spacial score (nSPS) is 12.1. The molecule has 1 amide bonds. The molecule has 1 aromatic heterocycles. The van der Waals surface area contributed by atoms with Gasteiger partial charge in [-0.25, -0.2) is 9.78 Å². The zero-order valence-electron chi connectivity index (χ0n) is 13.9. The summed E-state index contributed by atoms with van der Waals surface area (Å²) >= 11 is 1.51. The van der Waals surface area contributed by atoms with Gasteiger partial charge in [0.15, 0.2) is 0 Å². The fraction of sp³-hybridized carbons (Fsp3) is 0.389. The van der Waals surface area contributed by atoms with Crippen LogP contribution in [0.2, 0.25) is 0 Å². The van der Waals surface area contributed by atoms with Gasteiger partial charge in [-0.2, -0.15) is 0 Å². The summed E-state index contributed by atoms with van der Waals surface area (Å²) in [4.78, 5) is 27.7. The highest BCUT2D eigenvalue weighted by Gasteiger charge is 2.21. The van der Waals surface area contributed by atoms with E-state index in [0.29, 0.717) is 12.1 Å². The highest BCUT2D eigenvalue weighted by molar-refractivity contribution is 7.09. The molecule has 1 atom stereocenters. The van der Waals surface area contributed by atoms with Gasteiger partial charge in [0.25, 0.3) is 0 Å². The van der Waals surface area contributed by atoms with Crippen molar-refractivity contribution in [2.45, 2.75) is 39.2 Å². The van der Waals surface area contributed by atoms with Crippen molar-refractivity contribution in [3.05, 3.63) is 52.0 Å². The van der Waals surface area contributed by atoms with E-state index in [1.54, 1.807) is 0 Å². The van der Waals surface area contributed by atoms with Gasteiger partial charge in [-0.15, -0.1) is 11.3 Å². The topological polar surface area (TPSA) is 79.3 Å². The molecule has 2 rings (SSSR count). The molecule has 5 nitrogen and oxygen atoms in total. The number of carbonyl (C=O) groups is 2. The van der Waals surface area contributed by atoms with Crippen LogP contribution in [0.15, 0.2) is 35.7 Å². The van der Waals surface area contributed by atoms with Crippen molar-refractivity contribution in [1.82, 2.24) is 10.3 Å². The third-order valence-corrected chi connectivity index (χ3v) is 4.38. The van der Waals surface area contributed by atoms with Crippen molar-refractivity contribution in [3.63, 3.8) is 0 Å². The van der Waals surface area contributed by atoms with Crippen molar-refractivity contribution >= 4 is 23.2 Å². The standard InChI is InChI=1S/C18H22N2O3S/c1-12(2)8-15(18(22)23)20-16(21)10-14-11-24-17(19-14)9-13-6-4-3-5-7-13/h3-7,11-12,15H,8-10H2,1-2H3,(H,20,21)(H,22,23). The smallest absolute Gasteiger partial charge is 0.326 e. The predicted molar refractivity (Wildman–Crippen MR) is 94.1 cm³/mol. The lowest BCUT2D eigenvalue weighted by atomic mass is 10.0. The summed E-state index contributed by atoms with van der Waals surface area (Å²) in [7, 11) is 0. The van der Waals surface area contributed by atoms with E-state index in [1.165, 1.54) is 16.9 Å². The van der Waals surface area contributed by atoms with Gasteiger partial charge in [-0.05, 0) is 17.9 Å². The number of hydrogen-bond acceptors (Lipinski definition) is 4. The number of nitrogens with one attached hydrogen (secondary N) is 1. The van der Waals surface area contributed by atoms with Gasteiger partial charge in [0.1, 0.15) is 6.04 Å². The van der Waals surface area contributed by atoms with Crippen molar-refractivity contribution in [2.75, 3.05) is 0 Å². The van der Waals surface area contributed by atoms with E-state index in [1.807, 2.05) is 49.6 Å². The average molecular weight is 346 g/mol. The zero-order chi connectivity index (χ0) is 17.5. The van der Waals surface area contributed by atoms with Gasteiger partial charge < -0.3 is 10.4 Å². The first kappa shape index (κ1) is 18.1. The largest absolute Gasteiger partial charge is 0.480 e. The summed E-state index contributed by atoms with van der Waals surface area (Å²) in [6, 6.07) is 9.17. The average Bonchev–Trinajstić information content (AvgIpc) is 2.94. The van der Waals surface area contributed by atoms with E-state index in [4.69, 9.17) is 0 Å². The first-order chi connectivity index (χ1) is 11.4. The number of amides is 1. The van der Waals surface area contributed by atoms with Gasteiger partial charge in [-0.1, -0.05) is 44.2 Å². The summed E-state index contributed by atoms with van der Waals surface area (Å²) in [6.45, 7) is 3.86. The summed E-state index contributed by atoms with van der Waals surface area (Å²) in [6.07, 6.45) is 1.25. The van der Waals surface area contributed by atoms with Crippen LogP contribution in [0.3, 0.4) is 0 Å². The molecule has 0 fully saturated rings. The third-order valence-electron chi connectivity index (χ3n) is 3.48. The molecular weight excluding hydrogens is 324 g/mol. The molecule has 2 aromatic rings. The molecule has 1 aromatic carbocycles. The molecule has 1 heterocycles. The number of aliphatic carboxylic acids is 1. The van der Waals surface area contributed by atoms with Crippen LogP contribution < -0.4 is 5.32 Å². The maximum Gasteiger partial charge on any atom is 0.326 e. The Morgan fingerprint density at radius 3 is 2.58 bits per heavy atom. The molecule has 0 aliphatic heterocycles. The Labute approximate surface area is 145 Å². The molecule has 24 heavy (non-hydrogen) atoms. The minimum absolute atomic E-state index is 0.104. The Kier molecular flexibility index (Phi) is 6.49. The lowest BCUT2D eigenvalue weighted by Crippen LogP contribution is -2.42. The number of thiazole rings is 1. The molecular formula is C18H22N2O3S. The molecule has 0 saturated carbocycles. The van der Waals surface area contributed by atoms with Gasteiger partial charge in [0, 0.05) is 11.8 Å². The van der Waals surface area contributed by atoms with Crippen LogP contribution in [0.25, 0.3) is 0 Å². The summed E-state index contributed by atoms with van der Waals surface area (Å²) in [5.74, 6) is -1.11. The van der Waals surface area contributed by atoms with Crippen LogP contribution >= 0.6 is 11.3 Å². The number of carboxylic acid groups (broad SMARTS) is 1. The second-order valence-corrected chi connectivity index (χ2v) is 7.10. The fourth-order valence-electron chi connectivity index (χ4n) is 2.38. The lowest BCUT2D eigenvalue weighted by Gasteiger charge is -2.16. The Bertz CT molecular complexity index is 683. The molecule has 128 valence electrons. The van der Waals surface area contributed by atoms with Gasteiger partial charge in [0.2, 0.25) is 5.91 Å². The molecule has 6 heteroatoms. The van der Waals surface area contributed by atoms with Crippen molar-refractivity contribution in [3.8, 4) is 0 Å². The second-order valence-electron chi connectivity index (χ2n) is 6.16. The molecule has 1 unspecified atom stereocenters. The highest BCUT2D eigenvalue weighted by Crippen LogP contribution is 2.15. The fourth-order valence-corrected chi connectivity index (χ4v) is 3.21. The Morgan fingerprint density at radius 1 is 1.25 bits per heavy atom. The molecule has 0 spiro atoms. The minimum atomic E-state index is -1.000. The van der Waals surface area contributed by atoms with Gasteiger partial charge in [-0.3, -0.25) is 4.79 Å². The van der Waals surface area contributed by atoms with E-state index >= 15 is 0 Å². The first-order valence-electron chi connectivity index (χ1n) is 7.93. The number of rotatable bonds is 8. The molecule has 0 aliphatic rings. The summed E-state index contributed by atoms with van der Waals surface area (Å²) < 4.78 is 0. The maximum atomic E-state index is 12.1. The SMILES string of the molecule is CC(C)CC(NC(=O)Cc1csc(Cc2ccccc2)n1)C(=O)O. The zero-order valence-corrected chi connectivity index (χ0v) is 14.7. The molecule has 0 radical (unpaired) electrons. The monoisotopic (exact) mass is 346 g/mol. The van der Waals surface area contributed by atoms with E-state index in [2.05, 4.69) is 10.3 Å². The molecule has 2 N–H and O–H groups in total. The maximum absolute atomic E-state index is 12.1. The lowest BCUT2D eigenvalue weighted by molar-refractivity contribution is -0.142. The Hall–Kier alpha value is -2.21. The predicted octanol–water partition coefficient (Wildman–Crippen LogP) is 2.89. The number of hydrogen-bond donors (Lipinski definition) is 2. The Balaban J connectivity index is 1.91. The van der Waals surface area contributed by atoms with Crippen LogP contribution in [0.5, 0.6) is 0 Å². The number of carboxylic acids is 1. The minimum Gasteiger partial charge on any atom is -0.480 e. The van der Waals surface area contributed by atoms with Crippen molar-refractivity contribution in [1.29, 1.82) is 0 Å². The van der Waals surface area contributed by atoms with Crippen LogP contribution in [0.1, 0.15) is 36.5 Å². The second kappa shape index (κ2) is 8.59. The quantitative estimate of drug-likeness (QED) is 0.770. The highest BCUT2D eigenvalue weighted by atomic mass is 32.1. The van der Waals surface area contributed by atoms with Crippen LogP contribution in [-0.4, -0.2) is 28.0 Å². The van der Waals surface area contributed by atoms with E-state index in [0.717, 1.165) is 11.4 Å². The molecule has 0 saturated heterocycles. The summed E-state index contributed by atoms with van der Waals surface area (Å²) in [5, 5.41) is 14.6. The van der Waals surface area contributed by atoms with E-state index < -0.39 is 12.0 Å². The number of carbonyl (C=O) groups excluding carboxylic acids is 1. The molecule has 0 bridgehead atoms.